The number of para-hydroxylation sites is 1. The third kappa shape index (κ3) is 14.5. The van der Waals surface area contributed by atoms with Gasteiger partial charge in [0.1, 0.15) is 48.0 Å². The molecule has 386 valence electrons. The second kappa shape index (κ2) is 25.7. The lowest BCUT2D eigenvalue weighted by molar-refractivity contribution is -0.145. The van der Waals surface area contributed by atoms with E-state index < -0.39 is 102 Å². The predicted molar refractivity (Wildman–Crippen MR) is 274 cm³/mol. The summed E-state index contributed by atoms with van der Waals surface area (Å²) in [5.74, 6) is -7.39. The van der Waals surface area contributed by atoms with Crippen molar-refractivity contribution >= 4 is 79.8 Å². The number of hydrogen-bond donors (Lipinski definition) is 11. The number of nitrogens with two attached hydrogens (primary N) is 2. The van der Waals surface area contributed by atoms with Gasteiger partial charge in [0.2, 0.25) is 41.4 Å². The minimum Gasteiger partial charge on any atom is -0.508 e. The fraction of sp³-hybridized carbons (Fsp3) is 0.440. The number of fused-ring (bicyclic) bond motifs is 5. The highest BCUT2D eigenvalue weighted by Crippen LogP contribution is 2.30. The van der Waals surface area contributed by atoms with Crippen molar-refractivity contribution in [3.63, 3.8) is 0 Å². The molecule has 72 heavy (non-hydrogen) atoms. The van der Waals surface area contributed by atoms with Crippen LogP contribution >= 0.6 is 21.6 Å². The molecular weight excluding hydrogens is 965 g/mol. The van der Waals surface area contributed by atoms with E-state index in [1.54, 1.807) is 56.3 Å². The lowest BCUT2D eigenvalue weighted by atomic mass is 10.0. The Morgan fingerprint density at radius 3 is 2.06 bits per heavy atom. The fourth-order valence-electron chi connectivity index (χ4n) is 8.54. The number of carboxylic acid groups (broad SMARTS) is 1. The number of aromatic hydroxyl groups is 1. The number of H-pyrrole nitrogens is 1. The van der Waals surface area contributed by atoms with E-state index in [1.807, 2.05) is 24.3 Å². The number of phenols is 1. The number of carboxylic acids is 1. The molecule has 0 radical (unpaired) electrons. The van der Waals surface area contributed by atoms with Crippen molar-refractivity contribution in [3.8, 4) is 5.75 Å². The monoisotopic (exact) mass is 1030 g/mol. The summed E-state index contributed by atoms with van der Waals surface area (Å²) in [6.45, 7) is 4.83. The molecule has 22 heteroatoms. The van der Waals surface area contributed by atoms with E-state index in [-0.39, 0.29) is 56.0 Å². The number of carbonyl (C=O) groups is 8. The first-order chi connectivity index (χ1) is 34.4. The maximum Gasteiger partial charge on any atom is 0.326 e. The number of rotatable bonds is 14. The number of nitrogens with one attached hydrogen (secondary N) is 7. The summed E-state index contributed by atoms with van der Waals surface area (Å²) in [4.78, 5) is 118. The Morgan fingerprint density at radius 2 is 1.40 bits per heavy atom. The van der Waals surface area contributed by atoms with Gasteiger partial charge in [-0.05, 0) is 73.5 Å². The highest BCUT2D eigenvalue weighted by Gasteiger charge is 2.41. The van der Waals surface area contributed by atoms with Gasteiger partial charge in [-0.1, -0.05) is 96.1 Å². The molecule has 7 amide bonds. The second-order valence-corrected chi connectivity index (χ2v) is 20.9. The van der Waals surface area contributed by atoms with Gasteiger partial charge in [-0.15, -0.1) is 0 Å². The van der Waals surface area contributed by atoms with Gasteiger partial charge in [0.15, 0.2) is 0 Å². The molecule has 0 saturated carbocycles. The van der Waals surface area contributed by atoms with Gasteiger partial charge >= 0.3 is 5.97 Å². The molecular formula is C50H64N10O10S2. The van der Waals surface area contributed by atoms with Crippen LogP contribution in [0.2, 0.25) is 0 Å². The van der Waals surface area contributed by atoms with E-state index in [1.165, 1.54) is 24.0 Å². The van der Waals surface area contributed by atoms with Gasteiger partial charge in [0.05, 0.1) is 12.6 Å². The molecule has 3 heterocycles. The van der Waals surface area contributed by atoms with Crippen molar-refractivity contribution in [3.05, 3.63) is 101 Å². The zero-order chi connectivity index (χ0) is 52.1. The Bertz CT molecular complexity index is 2580. The SMILES string of the molecule is CC(C)[C@H](NC(=O)[C@@H]1CSSC[C@H](NC(=O)[C@H](C)N)C(=O)N[C@@H](Cc2ccccc2)C(=O)N[C@H]2Cc3c([nH]c4ccccc34)CN(C2=O)[C@@H](CCCCN)C(=O)N[C@@H](Cc2ccc(O)cc2)C(=O)N1)C(=O)O. The van der Waals surface area contributed by atoms with Gasteiger partial charge in [-0.25, -0.2) is 4.79 Å². The van der Waals surface area contributed by atoms with E-state index in [0.29, 0.717) is 29.7 Å². The number of phenolic OH excluding ortho intramolecular Hbond substituents is 1. The molecule has 13 N–H and O–H groups in total. The maximum atomic E-state index is 15.2. The Labute approximate surface area is 425 Å². The summed E-state index contributed by atoms with van der Waals surface area (Å²) in [6.07, 6.45) is 0.782. The van der Waals surface area contributed by atoms with Gasteiger partial charge < -0.3 is 63.5 Å². The standard InChI is InChI=1S/C50H64N10O10S2/c1-27(2)42(50(69)70)59-47(66)40-26-72-71-25-39(57-43(62)28(3)52)46(65)54-35(21-29-11-5-4-6-12-29)44(63)56-37-23-33-32-13-7-8-14-34(32)53-38(33)24-60(49(37)68)41(15-9-10-20-51)48(67)55-36(45(64)58-40)22-30-16-18-31(61)19-17-30/h4-8,11-14,16-19,27-28,35-37,39-42,53,61H,9-10,15,20-26,51-52H2,1-3H3,(H,54,65)(H,55,67)(H,56,63)(H,57,62)(H,58,64)(H,59,66)(H,69,70)/t28-,35-,36-,37-,39-,40-,41-,42-/m0/s1. The van der Waals surface area contributed by atoms with Gasteiger partial charge in [0.25, 0.3) is 0 Å². The topological polar surface area (TPSA) is 320 Å². The Balaban J connectivity index is 1.48. The van der Waals surface area contributed by atoms with Gasteiger partial charge in [0, 0.05) is 47.4 Å². The Morgan fingerprint density at radius 1 is 0.778 bits per heavy atom. The van der Waals surface area contributed by atoms with Crippen LogP contribution < -0.4 is 43.4 Å². The van der Waals surface area contributed by atoms with Crippen LogP contribution in [0, 0.1) is 5.92 Å². The summed E-state index contributed by atoms with van der Waals surface area (Å²) in [7, 11) is 2.09. The number of amides is 7. The Hall–Kier alpha value is -6.62. The van der Waals surface area contributed by atoms with Gasteiger partial charge in [-0.2, -0.15) is 0 Å². The molecule has 6 rings (SSSR count). The van der Waals surface area contributed by atoms with Crippen LogP contribution in [0.3, 0.4) is 0 Å². The molecule has 1 fully saturated rings. The van der Waals surface area contributed by atoms with Crippen LogP contribution in [0.15, 0.2) is 78.9 Å². The van der Waals surface area contributed by atoms with E-state index in [0.717, 1.165) is 38.1 Å². The first-order valence-corrected chi connectivity index (χ1v) is 26.4. The first-order valence-electron chi connectivity index (χ1n) is 23.9. The predicted octanol–water partition coefficient (Wildman–Crippen LogP) is 1.13. The van der Waals surface area contributed by atoms with Crippen molar-refractivity contribution < 1.29 is 48.6 Å². The van der Waals surface area contributed by atoms with Crippen LogP contribution in [0.1, 0.15) is 62.4 Å². The number of aromatic amines is 1. The molecule has 2 aliphatic heterocycles. The normalized spacial score (nSPS) is 22.5. The number of carbonyl (C=O) groups excluding carboxylic acids is 7. The molecule has 0 unspecified atom stereocenters. The van der Waals surface area contributed by atoms with Crippen LogP contribution in [-0.2, 0) is 64.2 Å². The van der Waals surface area contributed by atoms with Crippen LogP contribution in [0.4, 0.5) is 0 Å². The molecule has 8 atom stereocenters. The van der Waals surface area contributed by atoms with Crippen LogP contribution in [0.5, 0.6) is 5.75 Å². The van der Waals surface area contributed by atoms with Crippen molar-refractivity contribution in [1.29, 1.82) is 0 Å². The molecule has 2 bridgehead atoms. The molecule has 1 aromatic heterocycles. The number of benzene rings is 3. The largest absolute Gasteiger partial charge is 0.508 e. The lowest BCUT2D eigenvalue weighted by Crippen LogP contribution is -2.61. The molecule has 2 aliphatic rings. The quantitative estimate of drug-likeness (QED) is 0.0624. The smallest absolute Gasteiger partial charge is 0.326 e. The van der Waals surface area contributed by atoms with Crippen LogP contribution in [-0.4, -0.2) is 134 Å². The van der Waals surface area contributed by atoms with E-state index in [2.05, 4.69) is 36.9 Å². The third-order valence-electron chi connectivity index (χ3n) is 12.5. The van der Waals surface area contributed by atoms with Crippen molar-refractivity contribution in [2.45, 2.75) is 114 Å². The minimum absolute atomic E-state index is 0.000618. The highest BCUT2D eigenvalue weighted by atomic mass is 33.1. The molecule has 0 spiro atoms. The van der Waals surface area contributed by atoms with Gasteiger partial charge in [-0.3, -0.25) is 33.6 Å². The van der Waals surface area contributed by atoms with E-state index >= 15 is 9.59 Å². The summed E-state index contributed by atoms with van der Waals surface area (Å²) in [5.41, 5.74) is 15.1. The number of hydrogen-bond acceptors (Lipinski definition) is 13. The molecule has 0 aliphatic carbocycles. The summed E-state index contributed by atoms with van der Waals surface area (Å²) < 4.78 is 0. The number of aromatic nitrogens is 1. The average Bonchev–Trinajstić information content (AvgIpc) is 3.63. The number of nitrogens with zero attached hydrogens (tertiary/aromatic N) is 1. The molecule has 4 aromatic rings. The van der Waals surface area contributed by atoms with E-state index in [4.69, 9.17) is 11.5 Å². The van der Waals surface area contributed by atoms with E-state index in [9.17, 15) is 39.0 Å². The van der Waals surface area contributed by atoms with Crippen molar-refractivity contribution in [2.75, 3.05) is 18.1 Å². The zero-order valence-corrected chi connectivity index (χ0v) is 42.0. The summed E-state index contributed by atoms with van der Waals surface area (Å²) in [6, 6.07) is 12.0. The maximum absolute atomic E-state index is 15.2. The van der Waals surface area contributed by atoms with Crippen molar-refractivity contribution in [1.82, 2.24) is 41.8 Å². The number of unbranched alkanes of at least 4 members (excludes halogenated alkanes) is 1. The fourth-order valence-corrected chi connectivity index (χ4v) is 10.9. The van der Waals surface area contributed by atoms with Crippen molar-refractivity contribution in [2.24, 2.45) is 17.4 Å². The average molecular weight is 1030 g/mol. The molecule has 1 saturated heterocycles. The van der Waals surface area contributed by atoms with Crippen LogP contribution in [0.25, 0.3) is 10.9 Å². The zero-order valence-electron chi connectivity index (χ0n) is 40.4. The lowest BCUT2D eigenvalue weighted by Gasteiger charge is -2.34. The Kier molecular flexibility index (Phi) is 19.5. The molecule has 3 aromatic carbocycles. The summed E-state index contributed by atoms with van der Waals surface area (Å²) >= 11 is 0. The highest BCUT2D eigenvalue weighted by molar-refractivity contribution is 8.76. The molecule has 20 nitrogen and oxygen atoms in total. The first kappa shape index (κ1) is 54.7. The minimum atomic E-state index is -1.42. The summed E-state index contributed by atoms with van der Waals surface area (Å²) in [5, 5.41) is 37.4. The number of aliphatic carboxylic acids is 1. The second-order valence-electron chi connectivity index (χ2n) is 18.4. The third-order valence-corrected chi connectivity index (χ3v) is 15.0.